The van der Waals surface area contributed by atoms with Gasteiger partial charge in [-0.25, -0.2) is 9.97 Å². The van der Waals surface area contributed by atoms with Crippen molar-refractivity contribution in [3.63, 3.8) is 0 Å². The smallest absolute Gasteiger partial charge is 0.255 e. The number of carbonyl (C=O) groups is 1. The van der Waals surface area contributed by atoms with E-state index in [4.69, 9.17) is 5.73 Å². The lowest BCUT2D eigenvalue weighted by Gasteiger charge is -2.15. The molecular formula is C28H32N6O. The average molecular weight is 469 g/mol. The van der Waals surface area contributed by atoms with Crippen LogP contribution >= 0.6 is 0 Å². The first kappa shape index (κ1) is 24.2. The SMILES string of the molecule is Cc1ccc(C(=O)Nc2ccccc2NCCCCN(C)C)cc1-c1ccc2nc(N)ncc2c1. The molecule has 4 rings (SSSR count). The minimum absolute atomic E-state index is 0.148. The second kappa shape index (κ2) is 11.0. The van der Waals surface area contributed by atoms with Gasteiger partial charge in [-0.3, -0.25) is 4.79 Å². The molecule has 0 saturated carbocycles. The zero-order valence-electron chi connectivity index (χ0n) is 20.5. The molecule has 0 aliphatic carbocycles. The highest BCUT2D eigenvalue weighted by atomic mass is 16.1. The van der Waals surface area contributed by atoms with Gasteiger partial charge >= 0.3 is 0 Å². The number of benzene rings is 3. The summed E-state index contributed by atoms with van der Waals surface area (Å²) < 4.78 is 0. The van der Waals surface area contributed by atoms with E-state index in [-0.39, 0.29) is 11.9 Å². The van der Waals surface area contributed by atoms with E-state index in [1.54, 1.807) is 6.20 Å². The molecule has 7 heteroatoms. The number of aromatic nitrogens is 2. The van der Waals surface area contributed by atoms with E-state index in [0.717, 1.165) is 64.9 Å². The van der Waals surface area contributed by atoms with Crippen LogP contribution in [0, 0.1) is 6.92 Å². The number of nitrogens with one attached hydrogen (secondary N) is 2. The molecule has 180 valence electrons. The van der Waals surface area contributed by atoms with Crippen LogP contribution in [0.5, 0.6) is 0 Å². The van der Waals surface area contributed by atoms with E-state index in [1.807, 2.05) is 67.6 Å². The summed E-state index contributed by atoms with van der Waals surface area (Å²) in [5.74, 6) is 0.105. The Bertz CT molecular complexity index is 1330. The number of carbonyl (C=O) groups excluding carboxylic acids is 1. The number of amides is 1. The summed E-state index contributed by atoms with van der Waals surface area (Å²) in [6.07, 6.45) is 3.90. The van der Waals surface area contributed by atoms with Gasteiger partial charge < -0.3 is 21.3 Å². The Kier molecular flexibility index (Phi) is 7.57. The van der Waals surface area contributed by atoms with Crippen LogP contribution in [0.3, 0.4) is 0 Å². The van der Waals surface area contributed by atoms with Crippen molar-refractivity contribution in [2.24, 2.45) is 0 Å². The predicted molar refractivity (Wildman–Crippen MR) is 145 cm³/mol. The molecule has 0 saturated heterocycles. The zero-order valence-corrected chi connectivity index (χ0v) is 20.5. The number of anilines is 3. The standard InChI is InChI=1S/C28H32N6O/c1-19-10-11-21(17-23(19)20-12-13-24-22(16-20)18-31-28(29)33-24)27(35)32-26-9-5-4-8-25(26)30-14-6-7-15-34(2)3/h4-5,8-13,16-18,30H,6-7,14-15H2,1-3H3,(H,32,35)(H2,29,31,33). The number of unbranched alkanes of at least 4 members (excludes halogenated alkanes) is 1. The predicted octanol–water partition coefficient (Wildman–Crippen LogP) is 5.19. The van der Waals surface area contributed by atoms with Crippen LogP contribution in [-0.2, 0) is 0 Å². The molecule has 0 fully saturated rings. The Morgan fingerprint density at radius 3 is 2.60 bits per heavy atom. The lowest BCUT2D eigenvalue weighted by atomic mass is 9.97. The molecule has 0 atom stereocenters. The van der Waals surface area contributed by atoms with Gasteiger partial charge in [-0.1, -0.05) is 24.3 Å². The van der Waals surface area contributed by atoms with Gasteiger partial charge in [0, 0.05) is 23.7 Å². The Morgan fingerprint density at radius 2 is 1.80 bits per heavy atom. The molecule has 35 heavy (non-hydrogen) atoms. The molecule has 7 nitrogen and oxygen atoms in total. The zero-order chi connectivity index (χ0) is 24.8. The maximum atomic E-state index is 13.2. The van der Waals surface area contributed by atoms with Crippen molar-refractivity contribution in [3.8, 4) is 11.1 Å². The van der Waals surface area contributed by atoms with Crippen molar-refractivity contribution in [3.05, 3.63) is 78.0 Å². The van der Waals surface area contributed by atoms with Crippen LogP contribution in [0.1, 0.15) is 28.8 Å². The van der Waals surface area contributed by atoms with Gasteiger partial charge in [0.1, 0.15) is 0 Å². The molecule has 0 aliphatic rings. The van der Waals surface area contributed by atoms with Crippen LogP contribution in [0.15, 0.2) is 66.9 Å². The minimum Gasteiger partial charge on any atom is -0.383 e. The molecular weight excluding hydrogens is 436 g/mol. The molecule has 1 heterocycles. The van der Waals surface area contributed by atoms with Crippen LogP contribution in [0.2, 0.25) is 0 Å². The first-order valence-electron chi connectivity index (χ1n) is 11.8. The van der Waals surface area contributed by atoms with Crippen molar-refractivity contribution >= 4 is 34.1 Å². The summed E-state index contributed by atoms with van der Waals surface area (Å²) in [5, 5.41) is 7.43. The third-order valence-electron chi connectivity index (χ3n) is 5.93. The molecule has 4 N–H and O–H groups in total. The van der Waals surface area contributed by atoms with Crippen LogP contribution < -0.4 is 16.4 Å². The summed E-state index contributed by atoms with van der Waals surface area (Å²) in [6, 6.07) is 19.5. The van der Waals surface area contributed by atoms with Gasteiger partial charge in [-0.05, 0) is 93.5 Å². The Balaban J connectivity index is 1.51. The summed E-state index contributed by atoms with van der Waals surface area (Å²) >= 11 is 0. The maximum absolute atomic E-state index is 13.2. The largest absolute Gasteiger partial charge is 0.383 e. The number of fused-ring (bicyclic) bond motifs is 1. The van der Waals surface area contributed by atoms with Gasteiger partial charge in [-0.2, -0.15) is 0 Å². The van der Waals surface area contributed by atoms with E-state index < -0.39 is 0 Å². The van der Waals surface area contributed by atoms with Crippen molar-refractivity contribution in [2.45, 2.75) is 19.8 Å². The van der Waals surface area contributed by atoms with E-state index in [0.29, 0.717) is 5.56 Å². The number of para-hydroxylation sites is 2. The first-order chi connectivity index (χ1) is 16.9. The van der Waals surface area contributed by atoms with Gasteiger partial charge in [0.15, 0.2) is 0 Å². The fourth-order valence-corrected chi connectivity index (χ4v) is 4.01. The molecule has 1 amide bonds. The highest BCUT2D eigenvalue weighted by Gasteiger charge is 2.12. The van der Waals surface area contributed by atoms with Crippen molar-refractivity contribution in [2.75, 3.05) is 43.6 Å². The monoisotopic (exact) mass is 468 g/mol. The topological polar surface area (TPSA) is 96.2 Å². The average Bonchev–Trinajstić information content (AvgIpc) is 2.84. The molecule has 3 aromatic carbocycles. The van der Waals surface area contributed by atoms with Gasteiger partial charge in [-0.15, -0.1) is 0 Å². The van der Waals surface area contributed by atoms with Gasteiger partial charge in [0.2, 0.25) is 5.95 Å². The van der Waals surface area contributed by atoms with Crippen molar-refractivity contribution in [1.29, 1.82) is 0 Å². The fraction of sp³-hybridized carbons (Fsp3) is 0.250. The minimum atomic E-state index is -0.148. The highest BCUT2D eigenvalue weighted by Crippen LogP contribution is 2.28. The van der Waals surface area contributed by atoms with E-state index in [9.17, 15) is 4.79 Å². The van der Waals surface area contributed by atoms with Crippen LogP contribution in [-0.4, -0.2) is 48.0 Å². The van der Waals surface area contributed by atoms with Crippen LogP contribution in [0.25, 0.3) is 22.0 Å². The number of rotatable bonds is 9. The summed E-state index contributed by atoms with van der Waals surface area (Å²) in [7, 11) is 4.17. The molecule has 4 aromatic rings. The number of hydrogen-bond donors (Lipinski definition) is 3. The fourth-order valence-electron chi connectivity index (χ4n) is 4.01. The Morgan fingerprint density at radius 1 is 1.00 bits per heavy atom. The van der Waals surface area contributed by atoms with Crippen LogP contribution in [0.4, 0.5) is 17.3 Å². The number of nitrogens with two attached hydrogens (primary N) is 1. The Labute approximate surface area is 206 Å². The van der Waals surface area contributed by atoms with E-state index >= 15 is 0 Å². The second-order valence-corrected chi connectivity index (χ2v) is 8.97. The quantitative estimate of drug-likeness (QED) is 0.293. The van der Waals surface area contributed by atoms with Gasteiger partial charge in [0.25, 0.3) is 5.91 Å². The highest BCUT2D eigenvalue weighted by molar-refractivity contribution is 6.06. The third-order valence-corrected chi connectivity index (χ3v) is 5.93. The number of hydrogen-bond acceptors (Lipinski definition) is 6. The summed E-state index contributed by atoms with van der Waals surface area (Å²) in [6.45, 7) is 3.96. The molecule has 0 radical (unpaired) electrons. The number of nitrogen functional groups attached to an aromatic ring is 1. The number of nitrogens with zero attached hydrogens (tertiary/aromatic N) is 3. The van der Waals surface area contributed by atoms with E-state index in [2.05, 4.69) is 39.6 Å². The Hall–Kier alpha value is -3.97. The lowest BCUT2D eigenvalue weighted by molar-refractivity contribution is 0.102. The van der Waals surface area contributed by atoms with E-state index in [1.165, 1.54) is 0 Å². The molecule has 0 unspecified atom stereocenters. The normalized spacial score (nSPS) is 11.1. The summed E-state index contributed by atoms with van der Waals surface area (Å²) in [4.78, 5) is 23.7. The molecule has 1 aromatic heterocycles. The van der Waals surface area contributed by atoms with Gasteiger partial charge in [0.05, 0.1) is 16.9 Å². The van der Waals surface area contributed by atoms with Crippen molar-refractivity contribution in [1.82, 2.24) is 14.9 Å². The maximum Gasteiger partial charge on any atom is 0.255 e. The molecule has 0 aliphatic heterocycles. The third kappa shape index (κ3) is 6.13. The number of aryl methyl sites for hydroxylation is 1. The summed E-state index contributed by atoms with van der Waals surface area (Å²) in [5.41, 5.74) is 11.9. The molecule has 0 bridgehead atoms. The molecule has 0 spiro atoms. The second-order valence-electron chi connectivity index (χ2n) is 8.97. The first-order valence-corrected chi connectivity index (χ1v) is 11.8. The van der Waals surface area contributed by atoms with Crippen molar-refractivity contribution < 1.29 is 4.79 Å². The lowest BCUT2D eigenvalue weighted by Crippen LogP contribution is -2.15.